The Bertz CT molecular complexity index is 472. The van der Waals surface area contributed by atoms with Gasteiger partial charge in [0.05, 0.1) is 13.2 Å². The summed E-state index contributed by atoms with van der Waals surface area (Å²) in [4.78, 5) is 4.64. The van der Waals surface area contributed by atoms with Gasteiger partial charge >= 0.3 is 0 Å². The summed E-state index contributed by atoms with van der Waals surface area (Å²) in [6.45, 7) is 13.8. The number of nitrogens with one attached hydrogen (secondary N) is 2. The van der Waals surface area contributed by atoms with E-state index >= 15 is 0 Å². The van der Waals surface area contributed by atoms with Gasteiger partial charge in [0.1, 0.15) is 0 Å². The molecular weight excluding hydrogens is 314 g/mol. The molecule has 2 N–H and O–H groups in total. The van der Waals surface area contributed by atoms with E-state index in [-0.39, 0.29) is 0 Å². The minimum Gasteiger partial charge on any atom is -0.381 e. The van der Waals surface area contributed by atoms with Gasteiger partial charge in [-0.2, -0.15) is 0 Å². The molecule has 5 nitrogen and oxygen atoms in total. The van der Waals surface area contributed by atoms with Crippen molar-refractivity contribution < 1.29 is 9.47 Å². The van der Waals surface area contributed by atoms with Crippen molar-refractivity contribution in [3.8, 4) is 0 Å². The van der Waals surface area contributed by atoms with Crippen LogP contribution in [0.25, 0.3) is 0 Å². The Hall–Kier alpha value is -1.59. The standard InChI is InChI=1S/C20H35N3O2/c1-5-21-20(22-12-7-13-25-15-17(3)4)23-14-18-8-10-19(11-9-18)16-24-6-2/h8-11,17H,5-7,12-16H2,1-4H3,(H2,21,22,23). The van der Waals surface area contributed by atoms with Gasteiger partial charge in [-0.15, -0.1) is 0 Å². The highest BCUT2D eigenvalue weighted by Crippen LogP contribution is 2.07. The SMILES string of the molecule is CCNC(=NCc1ccc(COCC)cc1)NCCCOCC(C)C. The number of benzene rings is 1. The Morgan fingerprint density at radius 1 is 1.04 bits per heavy atom. The maximum Gasteiger partial charge on any atom is 0.191 e. The van der Waals surface area contributed by atoms with Gasteiger partial charge in [0.2, 0.25) is 0 Å². The van der Waals surface area contributed by atoms with Crippen LogP contribution in [0.3, 0.4) is 0 Å². The molecule has 0 saturated heterocycles. The first-order valence-corrected chi connectivity index (χ1v) is 9.41. The zero-order valence-electron chi connectivity index (χ0n) is 16.3. The second-order valence-electron chi connectivity index (χ2n) is 6.40. The molecule has 1 aromatic carbocycles. The van der Waals surface area contributed by atoms with Crippen LogP contribution < -0.4 is 10.6 Å². The van der Waals surface area contributed by atoms with Crippen LogP contribution in [0.1, 0.15) is 45.2 Å². The molecule has 1 aromatic rings. The van der Waals surface area contributed by atoms with E-state index in [1.54, 1.807) is 0 Å². The topological polar surface area (TPSA) is 54.9 Å². The number of hydrogen-bond donors (Lipinski definition) is 2. The van der Waals surface area contributed by atoms with Crippen molar-refractivity contribution in [2.75, 3.05) is 32.9 Å². The largest absolute Gasteiger partial charge is 0.381 e. The van der Waals surface area contributed by atoms with Crippen molar-refractivity contribution in [2.24, 2.45) is 10.9 Å². The molecule has 142 valence electrons. The summed E-state index contributed by atoms with van der Waals surface area (Å²) in [6, 6.07) is 8.43. The van der Waals surface area contributed by atoms with Gasteiger partial charge < -0.3 is 20.1 Å². The first-order chi connectivity index (χ1) is 12.2. The average Bonchev–Trinajstić information content (AvgIpc) is 2.61. The van der Waals surface area contributed by atoms with E-state index < -0.39 is 0 Å². The third kappa shape index (κ3) is 10.8. The number of hydrogen-bond acceptors (Lipinski definition) is 3. The lowest BCUT2D eigenvalue weighted by Gasteiger charge is -2.12. The van der Waals surface area contributed by atoms with Crippen molar-refractivity contribution in [1.82, 2.24) is 10.6 Å². The summed E-state index contributed by atoms with van der Waals surface area (Å²) in [6.07, 6.45) is 0.975. The minimum atomic E-state index is 0.590. The molecule has 5 heteroatoms. The van der Waals surface area contributed by atoms with E-state index in [2.05, 4.69) is 60.7 Å². The molecule has 0 aliphatic rings. The van der Waals surface area contributed by atoms with E-state index in [0.717, 1.165) is 45.3 Å². The van der Waals surface area contributed by atoms with Crippen molar-refractivity contribution in [3.63, 3.8) is 0 Å². The minimum absolute atomic E-state index is 0.590. The van der Waals surface area contributed by atoms with Gasteiger partial charge in [-0.05, 0) is 37.3 Å². The molecule has 0 aliphatic heterocycles. The highest BCUT2D eigenvalue weighted by atomic mass is 16.5. The fourth-order valence-corrected chi connectivity index (χ4v) is 2.17. The van der Waals surface area contributed by atoms with Gasteiger partial charge in [-0.1, -0.05) is 38.1 Å². The Morgan fingerprint density at radius 2 is 1.76 bits per heavy atom. The van der Waals surface area contributed by atoms with Gasteiger partial charge in [0.25, 0.3) is 0 Å². The molecule has 25 heavy (non-hydrogen) atoms. The van der Waals surface area contributed by atoms with Crippen molar-refractivity contribution >= 4 is 5.96 Å². The van der Waals surface area contributed by atoms with E-state index in [4.69, 9.17) is 9.47 Å². The summed E-state index contributed by atoms with van der Waals surface area (Å²) in [7, 11) is 0. The molecule has 0 radical (unpaired) electrons. The molecule has 0 saturated carbocycles. The Balaban J connectivity index is 2.36. The highest BCUT2D eigenvalue weighted by molar-refractivity contribution is 5.79. The zero-order chi connectivity index (χ0) is 18.3. The summed E-state index contributed by atoms with van der Waals surface area (Å²) < 4.78 is 11.0. The van der Waals surface area contributed by atoms with Gasteiger partial charge in [0, 0.05) is 32.9 Å². The summed E-state index contributed by atoms with van der Waals surface area (Å²) in [5.74, 6) is 1.44. The second-order valence-corrected chi connectivity index (χ2v) is 6.40. The first-order valence-electron chi connectivity index (χ1n) is 9.41. The highest BCUT2D eigenvalue weighted by Gasteiger charge is 1.99. The third-order valence-corrected chi connectivity index (χ3v) is 3.47. The van der Waals surface area contributed by atoms with E-state index in [0.29, 0.717) is 19.1 Å². The second kappa shape index (κ2) is 13.7. The molecule has 0 aliphatic carbocycles. The van der Waals surface area contributed by atoms with E-state index in [1.807, 2.05) is 6.92 Å². The van der Waals surface area contributed by atoms with Crippen LogP contribution in [-0.4, -0.2) is 38.9 Å². The summed E-state index contributed by atoms with van der Waals surface area (Å²) >= 11 is 0. The quantitative estimate of drug-likeness (QED) is 0.345. The van der Waals surface area contributed by atoms with Crippen LogP contribution in [0.5, 0.6) is 0 Å². The summed E-state index contributed by atoms with van der Waals surface area (Å²) in [5, 5.41) is 6.64. The van der Waals surface area contributed by atoms with E-state index in [9.17, 15) is 0 Å². The lowest BCUT2D eigenvalue weighted by atomic mass is 10.1. The molecule has 0 atom stereocenters. The fourth-order valence-electron chi connectivity index (χ4n) is 2.17. The monoisotopic (exact) mass is 349 g/mol. The third-order valence-electron chi connectivity index (χ3n) is 3.47. The lowest BCUT2D eigenvalue weighted by molar-refractivity contribution is 0.108. The lowest BCUT2D eigenvalue weighted by Crippen LogP contribution is -2.38. The predicted molar refractivity (Wildman–Crippen MR) is 105 cm³/mol. The van der Waals surface area contributed by atoms with Crippen LogP contribution in [-0.2, 0) is 22.6 Å². The molecule has 0 bridgehead atoms. The molecule has 0 heterocycles. The van der Waals surface area contributed by atoms with Gasteiger partial charge in [-0.3, -0.25) is 0 Å². The number of guanidine groups is 1. The van der Waals surface area contributed by atoms with Crippen LogP contribution in [0.4, 0.5) is 0 Å². The Kier molecular flexibility index (Phi) is 11.7. The van der Waals surface area contributed by atoms with Crippen molar-refractivity contribution in [1.29, 1.82) is 0 Å². The normalized spacial score (nSPS) is 11.8. The molecule has 0 spiro atoms. The number of nitrogens with zero attached hydrogens (tertiary/aromatic N) is 1. The zero-order valence-corrected chi connectivity index (χ0v) is 16.3. The van der Waals surface area contributed by atoms with E-state index in [1.165, 1.54) is 11.1 Å². The molecule has 0 unspecified atom stereocenters. The van der Waals surface area contributed by atoms with Crippen molar-refractivity contribution in [2.45, 2.75) is 47.3 Å². The maximum absolute atomic E-state index is 5.59. The number of aliphatic imine (C=N–C) groups is 1. The van der Waals surface area contributed by atoms with Crippen LogP contribution in [0.2, 0.25) is 0 Å². The maximum atomic E-state index is 5.59. The van der Waals surface area contributed by atoms with Crippen molar-refractivity contribution in [3.05, 3.63) is 35.4 Å². The molecule has 0 fully saturated rings. The predicted octanol–water partition coefficient (Wildman–Crippen LogP) is 3.34. The first kappa shape index (κ1) is 21.5. The average molecular weight is 350 g/mol. The number of rotatable bonds is 12. The van der Waals surface area contributed by atoms with Crippen LogP contribution >= 0.6 is 0 Å². The van der Waals surface area contributed by atoms with Crippen LogP contribution in [0, 0.1) is 5.92 Å². The Morgan fingerprint density at radius 3 is 2.40 bits per heavy atom. The molecule has 1 rings (SSSR count). The summed E-state index contributed by atoms with van der Waals surface area (Å²) in [5.41, 5.74) is 2.39. The molecular formula is C20H35N3O2. The molecule has 0 aromatic heterocycles. The van der Waals surface area contributed by atoms with Crippen LogP contribution in [0.15, 0.2) is 29.3 Å². The fraction of sp³-hybridized carbons (Fsp3) is 0.650. The smallest absolute Gasteiger partial charge is 0.191 e. The van der Waals surface area contributed by atoms with Gasteiger partial charge in [0.15, 0.2) is 5.96 Å². The molecule has 0 amide bonds. The number of ether oxygens (including phenoxy) is 2. The van der Waals surface area contributed by atoms with Gasteiger partial charge in [-0.25, -0.2) is 4.99 Å². The Labute approximate surface area is 153 Å².